The largest absolute Gasteiger partial charge is 0.378 e. The second-order valence-corrected chi connectivity index (χ2v) is 7.50. The number of carbonyl (C=O) groups excluding carboxylic acids is 1. The van der Waals surface area contributed by atoms with Gasteiger partial charge in [0.1, 0.15) is 10.8 Å². The van der Waals surface area contributed by atoms with Crippen LogP contribution in [0.3, 0.4) is 0 Å². The average molecular weight is 397 g/mol. The zero-order chi connectivity index (χ0) is 19.5. The standard InChI is InChI=1S/C19H19N5O3S/c20-11-15-9-13(1-3-16(15)22-19-10-18(25)23-28(19)26)14-2-4-17(21-12-14)24-5-7-27-8-6-24/h1-4,9-12,20,22H,5-8H2,(H,23,25). The number of rotatable bonds is 5. The van der Waals surface area contributed by atoms with Crippen LogP contribution in [-0.4, -0.2) is 47.6 Å². The van der Waals surface area contributed by atoms with Gasteiger partial charge in [-0.25, -0.2) is 9.19 Å². The summed E-state index contributed by atoms with van der Waals surface area (Å²) >= 11 is 0. The number of nitrogens with one attached hydrogen (secondary N) is 3. The summed E-state index contributed by atoms with van der Waals surface area (Å²) in [4.78, 5) is 18.1. The Morgan fingerprint density at radius 2 is 2.00 bits per heavy atom. The quantitative estimate of drug-likeness (QED) is 0.662. The van der Waals surface area contributed by atoms with Crippen LogP contribution in [0.4, 0.5) is 11.5 Å². The molecule has 3 N–H and O–H groups in total. The van der Waals surface area contributed by atoms with E-state index < -0.39 is 16.9 Å². The van der Waals surface area contributed by atoms with E-state index in [1.54, 1.807) is 6.07 Å². The van der Waals surface area contributed by atoms with Crippen LogP contribution in [0.2, 0.25) is 0 Å². The molecule has 1 unspecified atom stereocenters. The number of hydrogen-bond acceptors (Lipinski definition) is 7. The number of anilines is 2. The summed E-state index contributed by atoms with van der Waals surface area (Å²) < 4.78 is 19.5. The summed E-state index contributed by atoms with van der Waals surface area (Å²) in [6.45, 7) is 3.09. The number of hydrogen-bond donors (Lipinski definition) is 3. The van der Waals surface area contributed by atoms with E-state index >= 15 is 0 Å². The maximum absolute atomic E-state index is 11.8. The molecule has 3 heterocycles. The molecule has 144 valence electrons. The zero-order valence-electron chi connectivity index (χ0n) is 15.0. The molecule has 0 bridgehead atoms. The van der Waals surface area contributed by atoms with Gasteiger partial charge in [0.25, 0.3) is 5.91 Å². The first-order valence-corrected chi connectivity index (χ1v) is 9.94. The third kappa shape index (κ3) is 3.80. The van der Waals surface area contributed by atoms with Crippen LogP contribution in [0.5, 0.6) is 0 Å². The Morgan fingerprint density at radius 1 is 1.21 bits per heavy atom. The molecule has 9 heteroatoms. The Kier molecular flexibility index (Phi) is 5.18. The number of nitrogens with zero attached hydrogens (tertiary/aromatic N) is 2. The number of aromatic nitrogens is 1. The van der Waals surface area contributed by atoms with Crippen molar-refractivity contribution >= 4 is 34.6 Å². The molecule has 1 fully saturated rings. The van der Waals surface area contributed by atoms with E-state index in [0.717, 1.165) is 30.0 Å². The molecule has 28 heavy (non-hydrogen) atoms. The van der Waals surface area contributed by atoms with Crippen LogP contribution in [0, 0.1) is 5.41 Å². The van der Waals surface area contributed by atoms with Crippen molar-refractivity contribution < 1.29 is 13.7 Å². The summed E-state index contributed by atoms with van der Waals surface area (Å²) in [7, 11) is -1.60. The summed E-state index contributed by atoms with van der Waals surface area (Å²) in [5.74, 6) is 0.519. The minimum atomic E-state index is -1.60. The molecule has 0 saturated carbocycles. The highest BCUT2D eigenvalue weighted by atomic mass is 32.2. The fourth-order valence-corrected chi connectivity index (χ4v) is 3.84. The molecule has 2 aliphatic heterocycles. The van der Waals surface area contributed by atoms with Gasteiger partial charge in [-0.1, -0.05) is 6.07 Å². The zero-order valence-corrected chi connectivity index (χ0v) is 15.8. The molecule has 1 aromatic carbocycles. The molecule has 2 aromatic rings. The fraction of sp³-hybridized carbons (Fsp3) is 0.211. The highest BCUT2D eigenvalue weighted by molar-refractivity contribution is 7.88. The molecule has 2 aliphatic rings. The van der Waals surface area contributed by atoms with Gasteiger partial charge >= 0.3 is 0 Å². The Balaban J connectivity index is 1.55. The first-order valence-electron chi connectivity index (χ1n) is 8.79. The highest BCUT2D eigenvalue weighted by Gasteiger charge is 2.20. The molecule has 1 aromatic heterocycles. The number of amides is 1. The van der Waals surface area contributed by atoms with Crippen LogP contribution in [0.25, 0.3) is 11.1 Å². The summed E-state index contributed by atoms with van der Waals surface area (Å²) in [6, 6.07) is 9.54. The van der Waals surface area contributed by atoms with Gasteiger partial charge in [0, 0.05) is 48.4 Å². The molecule has 8 nitrogen and oxygen atoms in total. The lowest BCUT2D eigenvalue weighted by molar-refractivity contribution is -0.114. The third-order valence-electron chi connectivity index (χ3n) is 4.54. The molecule has 1 amide bonds. The maximum Gasteiger partial charge on any atom is 0.258 e. The van der Waals surface area contributed by atoms with Gasteiger partial charge in [-0.3, -0.25) is 9.52 Å². The van der Waals surface area contributed by atoms with Gasteiger partial charge in [-0.2, -0.15) is 0 Å². The Hall–Kier alpha value is -3.04. The number of ether oxygens (including phenoxy) is 1. The minimum Gasteiger partial charge on any atom is -0.378 e. The second-order valence-electron chi connectivity index (χ2n) is 6.32. The van der Waals surface area contributed by atoms with Crippen LogP contribution in [-0.2, 0) is 20.5 Å². The van der Waals surface area contributed by atoms with E-state index in [1.165, 1.54) is 12.3 Å². The van der Waals surface area contributed by atoms with Gasteiger partial charge < -0.3 is 20.4 Å². The van der Waals surface area contributed by atoms with E-state index in [1.807, 2.05) is 30.5 Å². The third-order valence-corrected chi connectivity index (χ3v) is 5.54. The second kappa shape index (κ2) is 7.91. The number of benzene rings is 1. The van der Waals surface area contributed by atoms with Crippen molar-refractivity contribution in [1.82, 2.24) is 9.71 Å². The van der Waals surface area contributed by atoms with Crippen molar-refractivity contribution in [3.05, 3.63) is 53.2 Å². The van der Waals surface area contributed by atoms with Crippen LogP contribution >= 0.6 is 0 Å². The summed E-state index contributed by atoms with van der Waals surface area (Å²) in [6.07, 6.45) is 4.29. The van der Waals surface area contributed by atoms with Crippen molar-refractivity contribution in [3.63, 3.8) is 0 Å². The predicted octanol–water partition coefficient (Wildman–Crippen LogP) is 1.63. The lowest BCUT2D eigenvalue weighted by atomic mass is 10.0. The highest BCUT2D eigenvalue weighted by Crippen LogP contribution is 2.27. The van der Waals surface area contributed by atoms with Crippen molar-refractivity contribution in [1.29, 1.82) is 5.41 Å². The van der Waals surface area contributed by atoms with E-state index in [2.05, 4.69) is 19.9 Å². The molecular weight excluding hydrogens is 378 g/mol. The van der Waals surface area contributed by atoms with E-state index in [4.69, 9.17) is 10.1 Å². The molecular formula is C19H19N5O3S. The van der Waals surface area contributed by atoms with Crippen molar-refractivity contribution in [2.45, 2.75) is 0 Å². The van der Waals surface area contributed by atoms with Gasteiger partial charge in [-0.15, -0.1) is 0 Å². The number of carbonyl (C=O) groups is 1. The lowest BCUT2D eigenvalue weighted by Crippen LogP contribution is -2.36. The lowest BCUT2D eigenvalue weighted by Gasteiger charge is -2.27. The van der Waals surface area contributed by atoms with E-state index in [9.17, 15) is 9.00 Å². The van der Waals surface area contributed by atoms with Gasteiger partial charge in [-0.05, 0) is 29.8 Å². The normalized spacial score (nSPS) is 19.1. The van der Waals surface area contributed by atoms with Crippen LogP contribution < -0.4 is 14.9 Å². The average Bonchev–Trinajstić information content (AvgIpc) is 3.06. The maximum atomic E-state index is 11.8. The monoisotopic (exact) mass is 397 g/mol. The van der Waals surface area contributed by atoms with E-state index in [0.29, 0.717) is 24.5 Å². The summed E-state index contributed by atoms with van der Waals surface area (Å²) in [5.41, 5.74) is 3.08. The van der Waals surface area contributed by atoms with Crippen LogP contribution in [0.15, 0.2) is 47.6 Å². The molecule has 0 aliphatic carbocycles. The Bertz CT molecular complexity index is 968. The molecule has 4 rings (SSSR count). The Labute approximate surface area is 164 Å². The van der Waals surface area contributed by atoms with Crippen molar-refractivity contribution in [2.75, 3.05) is 36.5 Å². The summed E-state index contributed by atoms with van der Waals surface area (Å²) in [5, 5.41) is 10.9. The molecule has 1 atom stereocenters. The SMILES string of the molecule is N=Cc1cc(-c2ccc(N3CCOCC3)nc2)ccc1NC1=CC(=O)NS1=O. The predicted molar refractivity (Wildman–Crippen MR) is 109 cm³/mol. The first kappa shape index (κ1) is 18.3. The molecule has 0 radical (unpaired) electrons. The fourth-order valence-electron chi connectivity index (χ4n) is 3.08. The van der Waals surface area contributed by atoms with Gasteiger partial charge in [0.2, 0.25) is 0 Å². The van der Waals surface area contributed by atoms with Crippen molar-refractivity contribution in [3.8, 4) is 11.1 Å². The smallest absolute Gasteiger partial charge is 0.258 e. The van der Waals surface area contributed by atoms with Gasteiger partial charge in [0.15, 0.2) is 11.0 Å². The molecule has 1 saturated heterocycles. The van der Waals surface area contributed by atoms with Crippen molar-refractivity contribution in [2.24, 2.45) is 0 Å². The minimum absolute atomic E-state index is 0.275. The topological polar surface area (TPSA) is 107 Å². The van der Waals surface area contributed by atoms with Crippen LogP contribution in [0.1, 0.15) is 5.56 Å². The Morgan fingerprint density at radius 3 is 2.64 bits per heavy atom. The molecule has 0 spiro atoms. The first-order chi connectivity index (χ1) is 13.6. The number of morpholine rings is 1. The van der Waals surface area contributed by atoms with E-state index in [-0.39, 0.29) is 5.03 Å². The number of pyridine rings is 1. The van der Waals surface area contributed by atoms with Gasteiger partial charge in [0.05, 0.1) is 13.2 Å².